The number of ketones is 1. The average molecular weight is 403 g/mol. The van der Waals surface area contributed by atoms with Gasteiger partial charge in [-0.3, -0.25) is 9.59 Å². The third kappa shape index (κ3) is 4.67. The minimum absolute atomic E-state index is 0.00416. The Bertz CT molecular complexity index is 1020. The van der Waals surface area contributed by atoms with Crippen LogP contribution in [-0.2, 0) is 12.7 Å². The first-order valence-electron chi connectivity index (χ1n) is 8.39. The Labute approximate surface area is 163 Å². The molecule has 0 unspecified atom stereocenters. The number of rotatable bonds is 5. The van der Waals surface area contributed by atoms with Crippen LogP contribution in [0, 0.1) is 0 Å². The molecule has 0 aliphatic heterocycles. The van der Waals surface area contributed by atoms with Gasteiger partial charge in [0.15, 0.2) is 5.78 Å². The van der Waals surface area contributed by atoms with Crippen LogP contribution >= 0.6 is 11.3 Å². The van der Waals surface area contributed by atoms with Crippen molar-refractivity contribution in [1.82, 2.24) is 5.32 Å². The summed E-state index contributed by atoms with van der Waals surface area (Å²) in [5, 5.41) is 2.64. The molecule has 1 heterocycles. The number of amides is 1. The molecule has 0 aliphatic carbocycles. The molecule has 144 valence electrons. The highest BCUT2D eigenvalue weighted by molar-refractivity contribution is 7.17. The smallest absolute Gasteiger partial charge is 0.347 e. The van der Waals surface area contributed by atoms with Crippen molar-refractivity contribution in [2.45, 2.75) is 19.6 Å². The lowest BCUT2D eigenvalue weighted by Crippen LogP contribution is -2.22. The lowest BCUT2D eigenvalue weighted by atomic mass is 10.1. The van der Waals surface area contributed by atoms with Crippen LogP contribution in [0.1, 0.15) is 38.1 Å². The summed E-state index contributed by atoms with van der Waals surface area (Å²) in [7, 11) is 0. The molecule has 0 spiro atoms. The maximum Gasteiger partial charge on any atom is 0.416 e. The summed E-state index contributed by atoms with van der Waals surface area (Å²) in [5.41, 5.74) is 1.04. The van der Waals surface area contributed by atoms with Crippen LogP contribution in [0.15, 0.2) is 60.7 Å². The zero-order valence-electron chi connectivity index (χ0n) is 14.8. The molecular weight excluding hydrogens is 387 g/mol. The second-order valence-corrected chi connectivity index (χ2v) is 7.27. The average Bonchev–Trinajstić information content (AvgIpc) is 3.16. The zero-order valence-corrected chi connectivity index (χ0v) is 15.7. The molecule has 1 N–H and O–H groups in total. The quantitative estimate of drug-likeness (QED) is 0.567. The lowest BCUT2D eigenvalue weighted by molar-refractivity contribution is -0.137. The van der Waals surface area contributed by atoms with Crippen molar-refractivity contribution < 1.29 is 22.8 Å². The molecule has 0 saturated carbocycles. The van der Waals surface area contributed by atoms with Crippen molar-refractivity contribution >= 4 is 23.0 Å². The Morgan fingerprint density at radius 3 is 2.46 bits per heavy atom. The second kappa shape index (κ2) is 7.98. The van der Waals surface area contributed by atoms with E-state index in [-0.39, 0.29) is 18.2 Å². The largest absolute Gasteiger partial charge is 0.416 e. The van der Waals surface area contributed by atoms with E-state index in [1.165, 1.54) is 30.4 Å². The normalized spacial score (nSPS) is 11.3. The zero-order chi connectivity index (χ0) is 20.3. The number of carbonyl (C=O) groups is 2. The van der Waals surface area contributed by atoms with Crippen molar-refractivity contribution in [3.63, 3.8) is 0 Å². The molecule has 2 aromatic carbocycles. The molecule has 0 atom stereocenters. The fourth-order valence-corrected chi connectivity index (χ4v) is 3.55. The molecule has 0 aliphatic rings. The van der Waals surface area contributed by atoms with Gasteiger partial charge in [-0.25, -0.2) is 0 Å². The summed E-state index contributed by atoms with van der Waals surface area (Å²) in [6.07, 6.45) is -4.42. The van der Waals surface area contributed by atoms with Gasteiger partial charge in [-0.2, -0.15) is 13.2 Å². The maximum absolute atomic E-state index is 12.8. The van der Waals surface area contributed by atoms with E-state index in [0.717, 1.165) is 22.6 Å². The number of Topliss-reactive ketones (excluding diaryl/α,β-unsaturated/α-hetero) is 1. The standard InChI is InChI=1S/C21H16F3NO2S/c1-13(26)15-5-3-6-16(11-15)18-8-9-19(28-18)20(27)25-12-14-4-2-7-17(10-14)21(22,23)24/h2-11H,12H2,1H3,(H,25,27). The summed E-state index contributed by atoms with van der Waals surface area (Å²) in [6.45, 7) is 1.48. The first-order chi connectivity index (χ1) is 13.2. The van der Waals surface area contributed by atoms with Crippen LogP contribution in [0.25, 0.3) is 10.4 Å². The van der Waals surface area contributed by atoms with Gasteiger partial charge in [0.2, 0.25) is 0 Å². The van der Waals surface area contributed by atoms with Gasteiger partial charge in [0.25, 0.3) is 5.91 Å². The summed E-state index contributed by atoms with van der Waals surface area (Å²) in [4.78, 5) is 25.1. The van der Waals surface area contributed by atoms with Gasteiger partial charge in [0.05, 0.1) is 10.4 Å². The van der Waals surface area contributed by atoms with Gasteiger partial charge in [-0.05, 0) is 48.4 Å². The third-order valence-corrected chi connectivity index (χ3v) is 5.22. The van der Waals surface area contributed by atoms with Gasteiger partial charge in [0.1, 0.15) is 0 Å². The fourth-order valence-electron chi connectivity index (χ4n) is 2.63. The lowest BCUT2D eigenvalue weighted by Gasteiger charge is -2.09. The summed E-state index contributed by atoms with van der Waals surface area (Å²) < 4.78 is 38.3. The number of carbonyl (C=O) groups excluding carboxylic acids is 2. The van der Waals surface area contributed by atoms with E-state index in [0.29, 0.717) is 16.0 Å². The predicted molar refractivity (Wildman–Crippen MR) is 102 cm³/mol. The number of thiophene rings is 1. The Morgan fingerprint density at radius 1 is 1.00 bits per heavy atom. The molecule has 28 heavy (non-hydrogen) atoms. The number of hydrogen-bond acceptors (Lipinski definition) is 3. The van der Waals surface area contributed by atoms with Crippen LogP contribution in [0.3, 0.4) is 0 Å². The highest BCUT2D eigenvalue weighted by atomic mass is 32.1. The van der Waals surface area contributed by atoms with Crippen LogP contribution in [0.4, 0.5) is 13.2 Å². The van der Waals surface area contributed by atoms with E-state index in [2.05, 4.69) is 5.32 Å². The Hall–Kier alpha value is -2.93. The molecule has 1 aromatic heterocycles. The second-order valence-electron chi connectivity index (χ2n) is 6.18. The minimum Gasteiger partial charge on any atom is -0.347 e. The van der Waals surface area contributed by atoms with E-state index in [1.54, 1.807) is 30.3 Å². The monoisotopic (exact) mass is 403 g/mol. The number of benzene rings is 2. The number of alkyl halides is 3. The molecule has 0 bridgehead atoms. The molecule has 1 amide bonds. The fraction of sp³-hybridized carbons (Fsp3) is 0.143. The van der Waals surface area contributed by atoms with E-state index in [9.17, 15) is 22.8 Å². The van der Waals surface area contributed by atoms with Gasteiger partial charge in [-0.15, -0.1) is 11.3 Å². The number of hydrogen-bond donors (Lipinski definition) is 1. The highest BCUT2D eigenvalue weighted by Gasteiger charge is 2.30. The first kappa shape index (κ1) is 19.8. The maximum atomic E-state index is 12.8. The molecule has 3 rings (SSSR count). The van der Waals surface area contributed by atoms with E-state index >= 15 is 0 Å². The minimum atomic E-state index is -4.42. The van der Waals surface area contributed by atoms with Gasteiger partial charge in [-0.1, -0.05) is 30.3 Å². The first-order valence-corrected chi connectivity index (χ1v) is 9.21. The predicted octanol–water partition coefficient (Wildman–Crippen LogP) is 5.57. The van der Waals surface area contributed by atoms with Crippen molar-refractivity contribution in [3.05, 3.63) is 82.2 Å². The SMILES string of the molecule is CC(=O)c1cccc(-c2ccc(C(=O)NCc3cccc(C(F)(F)F)c3)s2)c1. The van der Waals surface area contributed by atoms with Crippen molar-refractivity contribution in [2.24, 2.45) is 0 Å². The molecule has 0 saturated heterocycles. The summed E-state index contributed by atoms with van der Waals surface area (Å²) >= 11 is 1.25. The van der Waals surface area contributed by atoms with Crippen LogP contribution in [0.5, 0.6) is 0 Å². The van der Waals surface area contributed by atoms with E-state index < -0.39 is 11.7 Å². The molecular formula is C21H16F3NO2S. The number of nitrogens with one attached hydrogen (secondary N) is 1. The van der Waals surface area contributed by atoms with Crippen LogP contribution in [-0.4, -0.2) is 11.7 Å². The third-order valence-electron chi connectivity index (χ3n) is 4.09. The summed E-state index contributed by atoms with van der Waals surface area (Å²) in [6, 6.07) is 15.4. The molecule has 3 nitrogen and oxygen atoms in total. The van der Waals surface area contributed by atoms with Gasteiger partial charge >= 0.3 is 6.18 Å². The molecule has 0 fully saturated rings. The van der Waals surface area contributed by atoms with Crippen molar-refractivity contribution in [3.8, 4) is 10.4 Å². The van der Waals surface area contributed by atoms with E-state index in [4.69, 9.17) is 0 Å². The van der Waals surface area contributed by atoms with E-state index in [1.807, 2.05) is 6.07 Å². The molecule has 0 radical (unpaired) electrons. The van der Waals surface area contributed by atoms with Crippen LogP contribution in [0.2, 0.25) is 0 Å². The van der Waals surface area contributed by atoms with Crippen molar-refractivity contribution in [2.75, 3.05) is 0 Å². The Morgan fingerprint density at radius 2 is 1.75 bits per heavy atom. The molecule has 3 aromatic rings. The van der Waals surface area contributed by atoms with Gasteiger partial charge < -0.3 is 5.32 Å². The highest BCUT2D eigenvalue weighted by Crippen LogP contribution is 2.30. The Balaban J connectivity index is 1.70. The molecule has 7 heteroatoms. The topological polar surface area (TPSA) is 46.2 Å². The summed E-state index contributed by atoms with van der Waals surface area (Å²) in [5.74, 6) is -0.408. The Kier molecular flexibility index (Phi) is 5.65. The van der Waals surface area contributed by atoms with Crippen LogP contribution < -0.4 is 5.32 Å². The number of halogens is 3. The van der Waals surface area contributed by atoms with Gasteiger partial charge in [0, 0.05) is 17.0 Å². The van der Waals surface area contributed by atoms with Crippen molar-refractivity contribution in [1.29, 1.82) is 0 Å².